The molecule has 7 nitrogen and oxygen atoms in total. The number of esters is 1. The number of carbonyl (C=O) groups excluding carboxylic acids is 1. The van der Waals surface area contributed by atoms with Gasteiger partial charge >= 0.3 is 5.97 Å². The van der Waals surface area contributed by atoms with E-state index in [4.69, 9.17) is 9.99 Å². The van der Waals surface area contributed by atoms with E-state index in [0.29, 0.717) is 18.2 Å². The zero-order valence-corrected chi connectivity index (χ0v) is 13.7. The van der Waals surface area contributed by atoms with Gasteiger partial charge < -0.3 is 9.72 Å². The zero-order chi connectivity index (χ0) is 16.9. The van der Waals surface area contributed by atoms with Gasteiger partial charge in [0, 0.05) is 6.42 Å². The number of aromatic nitrogens is 2. The van der Waals surface area contributed by atoms with Crippen molar-refractivity contribution in [2.75, 3.05) is 12.1 Å². The highest BCUT2D eigenvalue weighted by Gasteiger charge is 2.27. The molecule has 1 aliphatic rings. The molecule has 1 saturated carbocycles. The SMILES string of the molecule is CCOC(=O)C1CCC(Cc2nc3ccc(NOO)cc3[nH]2)CC1. The minimum absolute atomic E-state index is 0.0502. The Balaban J connectivity index is 1.59. The summed E-state index contributed by atoms with van der Waals surface area (Å²) in [6, 6.07) is 5.49. The van der Waals surface area contributed by atoms with Crippen LogP contribution in [0.5, 0.6) is 0 Å². The summed E-state index contributed by atoms with van der Waals surface area (Å²) in [5.74, 6) is 1.50. The van der Waals surface area contributed by atoms with Crippen molar-refractivity contribution >= 4 is 22.7 Å². The molecule has 0 atom stereocenters. The highest BCUT2D eigenvalue weighted by molar-refractivity contribution is 5.79. The molecule has 130 valence electrons. The van der Waals surface area contributed by atoms with Crippen LogP contribution in [0, 0.1) is 11.8 Å². The number of nitrogens with one attached hydrogen (secondary N) is 2. The molecule has 1 heterocycles. The quantitative estimate of drug-likeness (QED) is 0.426. The zero-order valence-electron chi connectivity index (χ0n) is 13.7. The Hall–Kier alpha value is -2.12. The lowest BCUT2D eigenvalue weighted by molar-refractivity contribution is -0.215. The third kappa shape index (κ3) is 3.85. The fraction of sp³-hybridized carbons (Fsp3) is 0.529. The van der Waals surface area contributed by atoms with Crippen molar-refractivity contribution in [3.63, 3.8) is 0 Å². The molecule has 7 heteroatoms. The molecule has 0 aliphatic heterocycles. The van der Waals surface area contributed by atoms with Crippen molar-refractivity contribution in [1.82, 2.24) is 9.97 Å². The van der Waals surface area contributed by atoms with Crippen LogP contribution < -0.4 is 5.48 Å². The van der Waals surface area contributed by atoms with Crippen LogP contribution in [0.3, 0.4) is 0 Å². The summed E-state index contributed by atoms with van der Waals surface area (Å²) in [6.07, 6.45) is 4.71. The number of imidazole rings is 1. The Labute approximate surface area is 140 Å². The first kappa shape index (κ1) is 16.7. The fourth-order valence-electron chi connectivity index (χ4n) is 3.41. The summed E-state index contributed by atoms with van der Waals surface area (Å²) in [7, 11) is 0. The van der Waals surface area contributed by atoms with Crippen molar-refractivity contribution in [3.8, 4) is 0 Å². The summed E-state index contributed by atoms with van der Waals surface area (Å²) < 4.78 is 5.11. The van der Waals surface area contributed by atoms with Gasteiger partial charge in [0.05, 0.1) is 29.2 Å². The maximum absolute atomic E-state index is 11.8. The summed E-state index contributed by atoms with van der Waals surface area (Å²) >= 11 is 0. The average molecular weight is 333 g/mol. The van der Waals surface area contributed by atoms with Crippen molar-refractivity contribution < 1.29 is 19.8 Å². The highest BCUT2D eigenvalue weighted by atomic mass is 17.2. The van der Waals surface area contributed by atoms with Crippen LogP contribution in [0.25, 0.3) is 11.0 Å². The van der Waals surface area contributed by atoms with E-state index in [1.54, 1.807) is 6.07 Å². The monoisotopic (exact) mass is 333 g/mol. The van der Waals surface area contributed by atoms with Gasteiger partial charge in [0.25, 0.3) is 0 Å². The Bertz CT molecular complexity index is 692. The third-order valence-electron chi connectivity index (χ3n) is 4.64. The first-order valence-electron chi connectivity index (χ1n) is 8.41. The van der Waals surface area contributed by atoms with E-state index in [2.05, 4.69) is 20.4 Å². The van der Waals surface area contributed by atoms with Crippen molar-refractivity contribution in [3.05, 3.63) is 24.0 Å². The van der Waals surface area contributed by atoms with Crippen LogP contribution in [0.4, 0.5) is 5.69 Å². The second-order valence-electron chi connectivity index (χ2n) is 6.28. The molecule has 24 heavy (non-hydrogen) atoms. The second kappa shape index (κ2) is 7.63. The van der Waals surface area contributed by atoms with Crippen molar-refractivity contribution in [2.24, 2.45) is 11.8 Å². The van der Waals surface area contributed by atoms with E-state index in [1.807, 2.05) is 19.1 Å². The van der Waals surface area contributed by atoms with Gasteiger partial charge in [-0.15, -0.1) is 4.99 Å². The van der Waals surface area contributed by atoms with E-state index < -0.39 is 0 Å². The number of fused-ring (bicyclic) bond motifs is 1. The standard InChI is InChI=1S/C17H23N3O4/c1-2-23-17(21)12-5-3-11(4-6-12)9-16-18-14-8-7-13(20-24-22)10-15(14)19-16/h7-8,10-12,20,22H,2-6,9H2,1H3,(H,18,19). The number of hydrogen-bond acceptors (Lipinski definition) is 6. The molecule has 1 aromatic heterocycles. The Morgan fingerprint density at radius 1 is 1.38 bits per heavy atom. The second-order valence-corrected chi connectivity index (χ2v) is 6.28. The van der Waals surface area contributed by atoms with Crippen LogP contribution in [0.1, 0.15) is 38.4 Å². The molecular weight excluding hydrogens is 310 g/mol. The van der Waals surface area contributed by atoms with Gasteiger partial charge in [-0.2, -0.15) is 0 Å². The van der Waals surface area contributed by atoms with E-state index in [9.17, 15) is 4.79 Å². The van der Waals surface area contributed by atoms with Gasteiger partial charge in [0.1, 0.15) is 5.82 Å². The average Bonchev–Trinajstić information content (AvgIpc) is 2.97. The molecule has 2 aromatic rings. The maximum atomic E-state index is 11.8. The lowest BCUT2D eigenvalue weighted by Crippen LogP contribution is -2.24. The van der Waals surface area contributed by atoms with Crippen molar-refractivity contribution in [1.29, 1.82) is 0 Å². The molecule has 0 amide bonds. The molecule has 0 unspecified atom stereocenters. The lowest BCUT2D eigenvalue weighted by atomic mass is 9.80. The van der Waals surface area contributed by atoms with Crippen LogP contribution in [0.15, 0.2) is 18.2 Å². The highest BCUT2D eigenvalue weighted by Crippen LogP contribution is 2.31. The number of H-pyrrole nitrogens is 1. The first-order valence-corrected chi connectivity index (χ1v) is 8.41. The van der Waals surface area contributed by atoms with Gasteiger partial charge in [-0.25, -0.2) is 15.7 Å². The largest absolute Gasteiger partial charge is 0.466 e. The first-order chi connectivity index (χ1) is 11.7. The van der Waals surface area contributed by atoms with Gasteiger partial charge in [0.15, 0.2) is 0 Å². The van der Waals surface area contributed by atoms with Crippen LogP contribution in [0.2, 0.25) is 0 Å². The number of hydrogen-bond donors (Lipinski definition) is 3. The number of benzene rings is 1. The smallest absolute Gasteiger partial charge is 0.308 e. The van der Waals surface area contributed by atoms with Gasteiger partial charge in [-0.1, -0.05) is 0 Å². The number of anilines is 1. The van der Waals surface area contributed by atoms with E-state index in [0.717, 1.165) is 49.0 Å². The number of nitrogens with zero attached hydrogens (tertiary/aromatic N) is 1. The number of carbonyl (C=O) groups is 1. The predicted octanol–water partition coefficient (Wildman–Crippen LogP) is 3.29. The summed E-state index contributed by atoms with van der Waals surface area (Å²) in [4.78, 5) is 23.7. The lowest BCUT2D eigenvalue weighted by Gasteiger charge is -2.26. The number of aromatic amines is 1. The molecule has 3 rings (SSSR count). The van der Waals surface area contributed by atoms with Gasteiger partial charge in [-0.3, -0.25) is 4.79 Å². The Morgan fingerprint density at radius 3 is 2.88 bits per heavy atom. The topological polar surface area (TPSA) is 96.5 Å². The van der Waals surface area contributed by atoms with E-state index in [-0.39, 0.29) is 11.9 Å². The van der Waals surface area contributed by atoms with Gasteiger partial charge in [-0.05, 0) is 56.7 Å². The van der Waals surface area contributed by atoms with Gasteiger partial charge in [0.2, 0.25) is 0 Å². The summed E-state index contributed by atoms with van der Waals surface area (Å²) in [6.45, 7) is 2.30. The molecule has 1 fully saturated rings. The predicted molar refractivity (Wildman–Crippen MR) is 89.2 cm³/mol. The van der Waals surface area contributed by atoms with E-state index in [1.165, 1.54) is 0 Å². The Morgan fingerprint density at radius 2 is 2.17 bits per heavy atom. The molecule has 0 radical (unpaired) electrons. The molecule has 0 bridgehead atoms. The van der Waals surface area contributed by atoms with Crippen molar-refractivity contribution in [2.45, 2.75) is 39.0 Å². The number of rotatable bonds is 6. The molecule has 0 saturated heterocycles. The molecule has 1 aliphatic carbocycles. The van der Waals surface area contributed by atoms with Crippen LogP contribution >= 0.6 is 0 Å². The van der Waals surface area contributed by atoms with Crippen LogP contribution in [-0.4, -0.2) is 27.8 Å². The molecular formula is C17H23N3O4. The minimum atomic E-state index is -0.0502. The summed E-state index contributed by atoms with van der Waals surface area (Å²) in [5, 5.41) is 8.44. The van der Waals surface area contributed by atoms with E-state index >= 15 is 0 Å². The third-order valence-corrected chi connectivity index (χ3v) is 4.64. The summed E-state index contributed by atoms with van der Waals surface area (Å²) in [5.41, 5.74) is 4.81. The number of ether oxygens (including phenoxy) is 1. The fourth-order valence-corrected chi connectivity index (χ4v) is 3.41. The Kier molecular flexibility index (Phi) is 5.32. The normalized spacial score (nSPS) is 20.9. The van der Waals surface area contributed by atoms with Crippen LogP contribution in [-0.2, 0) is 20.9 Å². The minimum Gasteiger partial charge on any atom is -0.466 e. The molecule has 0 spiro atoms. The molecule has 3 N–H and O–H groups in total. The maximum Gasteiger partial charge on any atom is 0.308 e. The molecule has 1 aromatic carbocycles.